The maximum atomic E-state index is 12.1. The molecule has 0 unspecified atom stereocenters. The molecule has 4 aromatic carbocycles. The lowest BCUT2D eigenvalue weighted by Gasteiger charge is -2.28. The average Bonchev–Trinajstić information content (AvgIpc) is 3.94. The molecule has 0 aromatic heterocycles. The number of likely N-dealkylation sites (tertiary alicyclic amines) is 2. The topological polar surface area (TPSA) is 84.0 Å². The third kappa shape index (κ3) is 8.95. The van der Waals surface area contributed by atoms with Crippen molar-refractivity contribution < 1.29 is 28.5 Å². The molecule has 10 rings (SSSR count). The molecule has 4 saturated heterocycles. The second-order valence-corrected chi connectivity index (χ2v) is 17.8. The third-order valence-electron chi connectivity index (χ3n) is 11.9. The molecule has 0 bridgehead atoms. The summed E-state index contributed by atoms with van der Waals surface area (Å²) in [5, 5.41) is 0. The number of fused-ring (bicyclic) bond motifs is 2. The molecule has 4 fully saturated rings. The highest BCUT2D eigenvalue weighted by molar-refractivity contribution is 8.00. The maximum Gasteiger partial charge on any atom is 0.237 e. The predicted octanol–water partition coefficient (Wildman–Crippen LogP) is 7.75. The van der Waals surface area contributed by atoms with Gasteiger partial charge in [-0.2, -0.15) is 23.5 Å². The van der Waals surface area contributed by atoms with Crippen LogP contribution < -0.4 is 28.7 Å². The number of ether oxygens (including phenoxy) is 4. The molecular formula is C46H52N4O6S2. The SMILES string of the molecule is O=C1CSCCN1c1ccc(CN2CCC[C@@H]2c2ccc3c(c2)OCCO3)cc1.O=C1CSCCN1c1ccc(CN2CCC[C@H]2c2ccc3c(c2)OCCO3)cc1. The van der Waals surface area contributed by atoms with Gasteiger partial charge in [0.05, 0.1) is 11.5 Å². The van der Waals surface area contributed by atoms with Crippen LogP contribution in [0, 0.1) is 0 Å². The van der Waals surface area contributed by atoms with Crippen molar-refractivity contribution in [1.29, 1.82) is 0 Å². The van der Waals surface area contributed by atoms with Gasteiger partial charge in [0, 0.05) is 61.1 Å². The van der Waals surface area contributed by atoms with Crippen molar-refractivity contribution in [2.75, 3.05) is 85.4 Å². The van der Waals surface area contributed by atoms with Crippen molar-refractivity contribution in [2.24, 2.45) is 0 Å². The Morgan fingerprint density at radius 1 is 0.500 bits per heavy atom. The maximum absolute atomic E-state index is 12.1. The summed E-state index contributed by atoms with van der Waals surface area (Å²) >= 11 is 3.44. The molecule has 0 aliphatic carbocycles. The van der Waals surface area contributed by atoms with Gasteiger partial charge in [-0.05, 0) is 110 Å². The number of benzene rings is 4. The van der Waals surface area contributed by atoms with Crippen molar-refractivity contribution in [3.63, 3.8) is 0 Å². The van der Waals surface area contributed by atoms with E-state index in [-0.39, 0.29) is 11.8 Å². The number of rotatable bonds is 8. The van der Waals surface area contributed by atoms with Crippen LogP contribution in [0.5, 0.6) is 23.0 Å². The quantitative estimate of drug-likeness (QED) is 0.176. The number of nitrogens with zero attached hydrogens (tertiary/aromatic N) is 4. The number of hydrogen-bond acceptors (Lipinski definition) is 10. The zero-order chi connectivity index (χ0) is 39.3. The standard InChI is InChI=1S/2C23H26N2O3S/c2*26-23-16-29-13-10-25(23)19-6-3-17(4-7-19)15-24-9-1-2-20(24)18-5-8-21-22(14-18)28-12-11-27-21/h2*3-8,14,20H,1-2,9-13,15-16H2/t2*20-/m10/s1. The Morgan fingerprint density at radius 2 is 0.914 bits per heavy atom. The Kier molecular flexibility index (Phi) is 12.3. The molecule has 0 N–H and O–H groups in total. The lowest BCUT2D eigenvalue weighted by Crippen LogP contribution is -2.38. The Balaban J connectivity index is 0.000000150. The molecule has 6 heterocycles. The summed E-state index contributed by atoms with van der Waals surface area (Å²) in [6, 6.07) is 30.6. The van der Waals surface area contributed by atoms with Crippen molar-refractivity contribution in [3.05, 3.63) is 107 Å². The summed E-state index contributed by atoms with van der Waals surface area (Å²) in [6.45, 7) is 8.14. The van der Waals surface area contributed by atoms with Gasteiger partial charge in [-0.3, -0.25) is 19.4 Å². The Morgan fingerprint density at radius 3 is 1.33 bits per heavy atom. The molecule has 6 aliphatic heterocycles. The number of carbonyl (C=O) groups is 2. The first kappa shape index (κ1) is 39.1. The summed E-state index contributed by atoms with van der Waals surface area (Å²) in [4.78, 5) is 33.2. The normalized spacial score (nSPS) is 22.1. The minimum Gasteiger partial charge on any atom is -0.486 e. The molecule has 4 aromatic rings. The Hall–Kier alpha value is -4.36. The number of hydrogen-bond donors (Lipinski definition) is 0. The lowest BCUT2D eigenvalue weighted by atomic mass is 10.0. The average molecular weight is 821 g/mol. The first-order valence-corrected chi connectivity index (χ1v) is 23.1. The summed E-state index contributed by atoms with van der Waals surface area (Å²) in [5.74, 6) is 7.08. The van der Waals surface area contributed by atoms with Crippen LogP contribution >= 0.6 is 23.5 Å². The van der Waals surface area contributed by atoms with Gasteiger partial charge >= 0.3 is 0 Å². The van der Waals surface area contributed by atoms with Gasteiger partial charge in [-0.15, -0.1) is 0 Å². The van der Waals surface area contributed by atoms with Gasteiger partial charge < -0.3 is 28.7 Å². The predicted molar refractivity (Wildman–Crippen MR) is 232 cm³/mol. The molecule has 0 saturated carbocycles. The van der Waals surface area contributed by atoms with E-state index >= 15 is 0 Å². The van der Waals surface area contributed by atoms with E-state index < -0.39 is 0 Å². The second-order valence-electron chi connectivity index (χ2n) is 15.6. The highest BCUT2D eigenvalue weighted by atomic mass is 32.2. The number of anilines is 2. The third-order valence-corrected chi connectivity index (χ3v) is 13.7. The van der Waals surface area contributed by atoms with Crippen LogP contribution in [0.2, 0.25) is 0 Å². The van der Waals surface area contributed by atoms with E-state index in [2.05, 4.69) is 82.6 Å². The first-order valence-electron chi connectivity index (χ1n) is 20.8. The van der Waals surface area contributed by atoms with Gasteiger partial charge in [0.1, 0.15) is 26.4 Å². The molecule has 2 atom stereocenters. The zero-order valence-electron chi connectivity index (χ0n) is 33.0. The minimum absolute atomic E-state index is 0.215. The highest BCUT2D eigenvalue weighted by Crippen LogP contribution is 2.40. The first-order chi connectivity index (χ1) is 28.6. The second kappa shape index (κ2) is 18.3. The van der Waals surface area contributed by atoms with Gasteiger partial charge in [0.25, 0.3) is 0 Å². The summed E-state index contributed by atoms with van der Waals surface area (Å²) in [7, 11) is 0. The van der Waals surface area contributed by atoms with Crippen molar-refractivity contribution in [1.82, 2.24) is 9.80 Å². The highest BCUT2D eigenvalue weighted by Gasteiger charge is 2.29. The van der Waals surface area contributed by atoms with E-state index in [0.717, 1.165) is 98.0 Å². The van der Waals surface area contributed by atoms with Crippen LogP contribution in [0.25, 0.3) is 0 Å². The monoisotopic (exact) mass is 820 g/mol. The van der Waals surface area contributed by atoms with Gasteiger partial charge in [-0.1, -0.05) is 36.4 Å². The summed E-state index contributed by atoms with van der Waals surface area (Å²) < 4.78 is 22.9. The summed E-state index contributed by atoms with van der Waals surface area (Å²) in [5.41, 5.74) is 7.22. The smallest absolute Gasteiger partial charge is 0.237 e. The number of amides is 2. The van der Waals surface area contributed by atoms with E-state index in [1.807, 2.05) is 21.9 Å². The van der Waals surface area contributed by atoms with Gasteiger partial charge in [-0.25, -0.2) is 0 Å². The fourth-order valence-corrected chi connectivity index (χ4v) is 10.5. The molecule has 304 valence electrons. The lowest BCUT2D eigenvalue weighted by molar-refractivity contribution is -0.117. The van der Waals surface area contributed by atoms with E-state index in [9.17, 15) is 9.59 Å². The van der Waals surface area contributed by atoms with Crippen molar-refractivity contribution in [3.8, 4) is 23.0 Å². The fourth-order valence-electron chi connectivity index (χ4n) is 8.93. The number of thioether (sulfide) groups is 2. The minimum atomic E-state index is 0.215. The molecule has 2 amide bonds. The largest absolute Gasteiger partial charge is 0.486 e. The Labute approximate surface area is 350 Å². The van der Waals surface area contributed by atoms with Crippen LogP contribution in [-0.4, -0.2) is 97.2 Å². The van der Waals surface area contributed by atoms with Crippen LogP contribution in [-0.2, 0) is 22.7 Å². The fraction of sp³-hybridized carbons (Fsp3) is 0.435. The molecule has 6 aliphatic rings. The van der Waals surface area contributed by atoms with E-state index in [1.165, 1.54) is 35.1 Å². The molecule has 10 nitrogen and oxygen atoms in total. The van der Waals surface area contributed by atoms with Gasteiger partial charge in [0.15, 0.2) is 23.0 Å². The van der Waals surface area contributed by atoms with E-state index in [4.69, 9.17) is 18.9 Å². The van der Waals surface area contributed by atoms with Crippen molar-refractivity contribution >= 4 is 46.7 Å². The van der Waals surface area contributed by atoms with Crippen LogP contribution in [0.1, 0.15) is 60.0 Å². The molecular weight excluding hydrogens is 769 g/mol. The summed E-state index contributed by atoms with van der Waals surface area (Å²) in [6.07, 6.45) is 4.74. The zero-order valence-corrected chi connectivity index (χ0v) is 34.7. The van der Waals surface area contributed by atoms with Gasteiger partial charge in [0.2, 0.25) is 11.8 Å². The van der Waals surface area contributed by atoms with Crippen molar-refractivity contribution in [2.45, 2.75) is 50.9 Å². The number of carbonyl (C=O) groups excluding carboxylic acids is 2. The van der Waals surface area contributed by atoms with Crippen LogP contribution in [0.15, 0.2) is 84.9 Å². The van der Waals surface area contributed by atoms with E-state index in [1.54, 1.807) is 23.5 Å². The molecule has 0 radical (unpaired) electrons. The molecule has 0 spiro atoms. The van der Waals surface area contributed by atoms with Crippen LogP contribution in [0.3, 0.4) is 0 Å². The molecule has 12 heteroatoms. The van der Waals surface area contributed by atoms with E-state index in [0.29, 0.717) is 50.0 Å². The molecule has 58 heavy (non-hydrogen) atoms. The van der Waals surface area contributed by atoms with Crippen LogP contribution in [0.4, 0.5) is 11.4 Å². The Bertz CT molecular complexity index is 1920.